The van der Waals surface area contributed by atoms with Crippen LogP contribution < -0.4 is 4.74 Å². The minimum absolute atomic E-state index is 0.0342. The van der Waals surface area contributed by atoms with Crippen LogP contribution in [-0.2, 0) is 12.8 Å². The van der Waals surface area contributed by atoms with Gasteiger partial charge in [0, 0.05) is 28.2 Å². The van der Waals surface area contributed by atoms with Crippen molar-refractivity contribution in [1.82, 2.24) is 0 Å². The van der Waals surface area contributed by atoms with E-state index in [1.165, 1.54) is 12.7 Å². The van der Waals surface area contributed by atoms with Gasteiger partial charge in [0.25, 0.3) is 0 Å². The Morgan fingerprint density at radius 3 is 2.44 bits per heavy atom. The van der Waals surface area contributed by atoms with Crippen molar-refractivity contribution in [3.8, 4) is 5.75 Å². The number of ketones is 2. The maximum Gasteiger partial charge on any atom is 0.198 e. The predicted octanol–water partition coefficient (Wildman–Crippen LogP) is 4.38. The molecule has 1 fully saturated rings. The molecule has 0 amide bonds. The monoisotopic (exact) mass is 396 g/mol. The lowest BCUT2D eigenvalue weighted by molar-refractivity contribution is 0.0975. The summed E-state index contributed by atoms with van der Waals surface area (Å²) in [7, 11) is 1.54. The molecule has 0 bridgehead atoms. The van der Waals surface area contributed by atoms with Crippen molar-refractivity contribution in [2.24, 2.45) is 5.92 Å². The van der Waals surface area contributed by atoms with Gasteiger partial charge in [-0.05, 0) is 42.0 Å². The molecule has 2 aromatic rings. The highest BCUT2D eigenvalue weighted by atomic mass is 32.2. The Balaban J connectivity index is 1.71. The maximum atomic E-state index is 13.5. The van der Waals surface area contributed by atoms with Crippen molar-refractivity contribution in [2.75, 3.05) is 18.6 Å². The van der Waals surface area contributed by atoms with Gasteiger partial charge in [0.2, 0.25) is 0 Å². The van der Waals surface area contributed by atoms with Crippen LogP contribution in [-0.4, -0.2) is 34.3 Å². The van der Waals surface area contributed by atoms with E-state index in [1.54, 1.807) is 18.2 Å². The van der Waals surface area contributed by atoms with E-state index in [1.807, 2.05) is 29.6 Å². The van der Waals surface area contributed by atoms with E-state index < -0.39 is 0 Å². The SMILES string of the molecule is COc1cccc2c1C(=O)c1ccc3c(c1C2=O)CC1(SCCS1)C(C)C3. The van der Waals surface area contributed by atoms with Crippen molar-refractivity contribution in [2.45, 2.75) is 23.8 Å². The van der Waals surface area contributed by atoms with Crippen LogP contribution in [0.1, 0.15) is 49.9 Å². The maximum absolute atomic E-state index is 13.5. The van der Waals surface area contributed by atoms with Gasteiger partial charge < -0.3 is 4.74 Å². The molecule has 1 saturated heterocycles. The zero-order valence-electron chi connectivity index (χ0n) is 15.3. The second-order valence-corrected chi connectivity index (χ2v) is 10.6. The van der Waals surface area contributed by atoms with Gasteiger partial charge in [-0.2, -0.15) is 0 Å². The molecule has 0 radical (unpaired) electrons. The standard InChI is InChI=1S/C22H20O3S2/c1-12-10-13-6-7-15-18(16(13)11-22(12)26-8-9-27-22)20(23)14-4-3-5-17(25-2)19(14)21(15)24/h3-7,12H,8-11H2,1-2H3. The number of thioether (sulfide) groups is 2. The van der Waals surface area contributed by atoms with Gasteiger partial charge in [0.05, 0.1) is 16.8 Å². The fraction of sp³-hybridized carbons (Fsp3) is 0.364. The molecule has 1 spiro atoms. The molecule has 27 heavy (non-hydrogen) atoms. The fourth-order valence-electron chi connectivity index (χ4n) is 4.69. The van der Waals surface area contributed by atoms with Crippen molar-refractivity contribution in [1.29, 1.82) is 0 Å². The summed E-state index contributed by atoms with van der Waals surface area (Å²) >= 11 is 4.06. The summed E-state index contributed by atoms with van der Waals surface area (Å²) in [6.45, 7) is 2.32. The lowest BCUT2D eigenvalue weighted by Crippen LogP contribution is -2.37. The van der Waals surface area contributed by atoms with Crippen LogP contribution in [0.25, 0.3) is 0 Å². The molecule has 0 aromatic heterocycles. The van der Waals surface area contributed by atoms with Crippen LogP contribution in [0.15, 0.2) is 30.3 Å². The van der Waals surface area contributed by atoms with Crippen LogP contribution >= 0.6 is 23.5 Å². The Morgan fingerprint density at radius 1 is 1.00 bits per heavy atom. The van der Waals surface area contributed by atoms with Gasteiger partial charge in [-0.25, -0.2) is 0 Å². The van der Waals surface area contributed by atoms with Crippen LogP contribution in [0.4, 0.5) is 0 Å². The van der Waals surface area contributed by atoms with E-state index >= 15 is 0 Å². The molecule has 2 aromatic carbocycles. The largest absolute Gasteiger partial charge is 0.496 e. The van der Waals surface area contributed by atoms with Crippen molar-refractivity contribution >= 4 is 35.1 Å². The average molecular weight is 397 g/mol. The molecule has 1 heterocycles. The lowest BCUT2D eigenvalue weighted by Gasteiger charge is -2.40. The lowest BCUT2D eigenvalue weighted by atomic mass is 9.74. The molecule has 0 saturated carbocycles. The van der Waals surface area contributed by atoms with Gasteiger partial charge in [-0.1, -0.05) is 25.1 Å². The second kappa shape index (κ2) is 6.14. The van der Waals surface area contributed by atoms with Gasteiger partial charge in [-0.15, -0.1) is 23.5 Å². The van der Waals surface area contributed by atoms with Crippen LogP contribution in [0.3, 0.4) is 0 Å². The number of rotatable bonds is 1. The molecular weight excluding hydrogens is 376 g/mol. The minimum Gasteiger partial charge on any atom is -0.496 e. The quantitative estimate of drug-likeness (QED) is 0.611. The zero-order chi connectivity index (χ0) is 18.8. The highest BCUT2D eigenvalue weighted by molar-refractivity contribution is 8.21. The van der Waals surface area contributed by atoms with E-state index in [2.05, 4.69) is 13.0 Å². The fourth-order valence-corrected chi connectivity index (χ4v) is 8.11. The van der Waals surface area contributed by atoms with E-state index in [4.69, 9.17) is 4.74 Å². The Labute approximate surface area is 167 Å². The van der Waals surface area contributed by atoms with E-state index in [0.717, 1.165) is 29.9 Å². The van der Waals surface area contributed by atoms with Crippen LogP contribution in [0.2, 0.25) is 0 Å². The molecule has 138 valence electrons. The summed E-state index contributed by atoms with van der Waals surface area (Å²) in [5.41, 5.74) is 4.37. The first-order valence-corrected chi connectivity index (χ1v) is 11.2. The van der Waals surface area contributed by atoms with Crippen LogP contribution in [0, 0.1) is 5.92 Å². The molecule has 2 aliphatic carbocycles. The summed E-state index contributed by atoms with van der Waals surface area (Å²) < 4.78 is 5.51. The molecule has 3 aliphatic rings. The molecule has 0 N–H and O–H groups in total. The molecule has 5 heteroatoms. The first-order valence-electron chi connectivity index (χ1n) is 9.25. The number of carbonyl (C=O) groups excluding carboxylic acids is 2. The molecule has 5 rings (SSSR count). The van der Waals surface area contributed by atoms with Crippen LogP contribution in [0.5, 0.6) is 5.75 Å². The number of hydrogen-bond donors (Lipinski definition) is 0. The summed E-state index contributed by atoms with van der Waals surface area (Å²) in [5, 5.41) is 0. The van der Waals surface area contributed by atoms with Gasteiger partial charge in [0.1, 0.15) is 5.75 Å². The first-order chi connectivity index (χ1) is 13.1. The summed E-state index contributed by atoms with van der Waals surface area (Å²) in [4.78, 5) is 26.7. The number of benzene rings is 2. The molecular formula is C22H20O3S2. The first kappa shape index (κ1) is 17.4. The predicted molar refractivity (Wildman–Crippen MR) is 111 cm³/mol. The van der Waals surface area contributed by atoms with Gasteiger partial charge in [-0.3, -0.25) is 9.59 Å². The summed E-state index contributed by atoms with van der Waals surface area (Å²) in [5.74, 6) is 3.22. The number of carbonyl (C=O) groups is 2. The smallest absolute Gasteiger partial charge is 0.198 e. The number of hydrogen-bond acceptors (Lipinski definition) is 5. The van der Waals surface area contributed by atoms with E-state index in [9.17, 15) is 9.59 Å². The van der Waals surface area contributed by atoms with Crippen molar-refractivity contribution in [3.63, 3.8) is 0 Å². The third-order valence-electron chi connectivity index (χ3n) is 6.08. The third-order valence-corrected chi connectivity index (χ3v) is 9.93. The van der Waals surface area contributed by atoms with Gasteiger partial charge in [0.15, 0.2) is 11.6 Å². The average Bonchev–Trinajstić information content (AvgIpc) is 3.15. The number of ether oxygens (including phenoxy) is 1. The topological polar surface area (TPSA) is 43.4 Å². The number of fused-ring (bicyclic) bond motifs is 4. The van der Waals surface area contributed by atoms with Crippen molar-refractivity contribution < 1.29 is 14.3 Å². The Hall–Kier alpha value is -1.72. The molecule has 1 atom stereocenters. The van der Waals surface area contributed by atoms with E-state index in [-0.39, 0.29) is 15.6 Å². The Bertz CT molecular complexity index is 989. The molecule has 3 nitrogen and oxygen atoms in total. The zero-order valence-corrected chi connectivity index (χ0v) is 17.0. The highest BCUT2D eigenvalue weighted by Gasteiger charge is 2.46. The Morgan fingerprint density at radius 2 is 1.70 bits per heavy atom. The molecule has 1 unspecified atom stereocenters. The third kappa shape index (κ3) is 2.37. The normalized spacial score (nSPS) is 22.4. The summed E-state index contributed by atoms with van der Waals surface area (Å²) in [6, 6.07) is 9.20. The van der Waals surface area contributed by atoms with Gasteiger partial charge >= 0.3 is 0 Å². The second-order valence-electron chi connectivity index (χ2n) is 7.46. The molecule has 1 aliphatic heterocycles. The van der Waals surface area contributed by atoms with Crippen molar-refractivity contribution in [3.05, 3.63) is 63.7 Å². The summed E-state index contributed by atoms with van der Waals surface area (Å²) in [6.07, 6.45) is 1.83. The van der Waals surface area contributed by atoms with E-state index in [0.29, 0.717) is 33.9 Å². The Kier molecular flexibility index (Phi) is 3.96. The number of methoxy groups -OCH3 is 1. The highest BCUT2D eigenvalue weighted by Crippen LogP contribution is 2.55. The minimum atomic E-state index is -0.0979.